The van der Waals surface area contributed by atoms with Crippen LogP contribution in [0.1, 0.15) is 18.1 Å². The van der Waals surface area contributed by atoms with Crippen LogP contribution in [0.4, 0.5) is 5.69 Å². The summed E-state index contributed by atoms with van der Waals surface area (Å²) in [6, 6.07) is 5.36. The topological polar surface area (TPSA) is 76.1 Å². The number of nitrogens with two attached hydrogens (primary N) is 1. The summed E-state index contributed by atoms with van der Waals surface area (Å²) in [4.78, 5) is 11.2. The molecule has 0 bridgehead atoms. The highest BCUT2D eigenvalue weighted by Gasteiger charge is 2.04. The third kappa shape index (κ3) is 3.75. The maximum atomic E-state index is 11.2. The Morgan fingerprint density at radius 1 is 1.65 bits per heavy atom. The molecular formula is C12H11IN2O2. The SMILES string of the molecule is CCOC(=O)/C=C/c1cc(C#N)cc(I)c1N. The van der Waals surface area contributed by atoms with Crippen LogP contribution in [0.5, 0.6) is 0 Å². The zero-order valence-electron chi connectivity index (χ0n) is 9.24. The molecule has 4 nitrogen and oxygen atoms in total. The van der Waals surface area contributed by atoms with Gasteiger partial charge in [0.15, 0.2) is 0 Å². The Morgan fingerprint density at radius 2 is 2.35 bits per heavy atom. The molecule has 0 unspecified atom stereocenters. The number of benzene rings is 1. The van der Waals surface area contributed by atoms with Gasteiger partial charge in [0.25, 0.3) is 0 Å². The summed E-state index contributed by atoms with van der Waals surface area (Å²) in [5, 5.41) is 8.83. The van der Waals surface area contributed by atoms with E-state index in [1.54, 1.807) is 25.1 Å². The van der Waals surface area contributed by atoms with E-state index < -0.39 is 5.97 Å². The van der Waals surface area contributed by atoms with Crippen molar-refractivity contribution in [2.45, 2.75) is 6.92 Å². The molecule has 0 atom stereocenters. The summed E-state index contributed by atoms with van der Waals surface area (Å²) in [5.74, 6) is -0.427. The predicted molar refractivity (Wildman–Crippen MR) is 74.0 cm³/mol. The average molecular weight is 342 g/mol. The molecule has 1 rings (SSSR count). The Morgan fingerprint density at radius 3 is 2.94 bits per heavy atom. The van der Waals surface area contributed by atoms with Gasteiger partial charge in [-0.2, -0.15) is 5.26 Å². The fraction of sp³-hybridized carbons (Fsp3) is 0.167. The molecular weight excluding hydrogens is 331 g/mol. The summed E-state index contributed by atoms with van der Waals surface area (Å²) in [7, 11) is 0. The number of nitriles is 1. The van der Waals surface area contributed by atoms with Crippen molar-refractivity contribution in [1.82, 2.24) is 0 Å². The number of anilines is 1. The van der Waals surface area contributed by atoms with Crippen LogP contribution in [-0.4, -0.2) is 12.6 Å². The van der Waals surface area contributed by atoms with Gasteiger partial charge < -0.3 is 10.5 Å². The Kier molecular flexibility index (Phi) is 4.97. The molecule has 0 amide bonds. The third-order valence-corrected chi connectivity index (χ3v) is 2.87. The van der Waals surface area contributed by atoms with E-state index in [2.05, 4.69) is 0 Å². The number of nitrogens with zero attached hydrogens (tertiary/aromatic N) is 1. The fourth-order valence-electron chi connectivity index (χ4n) is 1.19. The van der Waals surface area contributed by atoms with Crippen LogP contribution >= 0.6 is 22.6 Å². The van der Waals surface area contributed by atoms with Crippen molar-refractivity contribution in [2.24, 2.45) is 0 Å². The van der Waals surface area contributed by atoms with E-state index in [4.69, 9.17) is 15.7 Å². The number of rotatable bonds is 3. The van der Waals surface area contributed by atoms with Crippen LogP contribution in [0.2, 0.25) is 0 Å². The van der Waals surface area contributed by atoms with E-state index >= 15 is 0 Å². The summed E-state index contributed by atoms with van der Waals surface area (Å²) in [5.41, 5.74) is 7.54. The molecule has 0 aliphatic rings. The lowest BCUT2D eigenvalue weighted by molar-refractivity contribution is -0.137. The van der Waals surface area contributed by atoms with E-state index in [0.29, 0.717) is 23.4 Å². The molecule has 0 saturated heterocycles. The molecule has 1 aromatic rings. The van der Waals surface area contributed by atoms with E-state index in [0.717, 1.165) is 3.57 Å². The number of halogens is 1. The first-order chi connectivity index (χ1) is 8.08. The molecule has 0 spiro atoms. The number of hydrogen-bond acceptors (Lipinski definition) is 4. The summed E-state index contributed by atoms with van der Waals surface area (Å²) < 4.78 is 5.54. The lowest BCUT2D eigenvalue weighted by atomic mass is 10.1. The molecule has 17 heavy (non-hydrogen) atoms. The van der Waals surface area contributed by atoms with Crippen molar-refractivity contribution in [3.05, 3.63) is 32.9 Å². The Balaban J connectivity index is 3.02. The van der Waals surface area contributed by atoms with Gasteiger partial charge in [-0.05, 0) is 47.7 Å². The van der Waals surface area contributed by atoms with Crippen molar-refractivity contribution >= 4 is 40.3 Å². The number of ether oxygens (including phenoxy) is 1. The Bertz CT molecular complexity index is 504. The first-order valence-electron chi connectivity index (χ1n) is 4.92. The number of carbonyl (C=O) groups excluding carboxylic acids is 1. The Labute approximate surface area is 113 Å². The lowest BCUT2D eigenvalue weighted by Gasteiger charge is -2.04. The van der Waals surface area contributed by atoms with Gasteiger partial charge in [0.2, 0.25) is 0 Å². The maximum absolute atomic E-state index is 11.2. The van der Waals surface area contributed by atoms with Gasteiger partial charge in [-0.1, -0.05) is 0 Å². The zero-order chi connectivity index (χ0) is 12.8. The van der Waals surface area contributed by atoms with Crippen molar-refractivity contribution in [1.29, 1.82) is 5.26 Å². The van der Waals surface area contributed by atoms with Crippen molar-refractivity contribution in [3.8, 4) is 6.07 Å². The highest BCUT2D eigenvalue weighted by atomic mass is 127. The van der Waals surface area contributed by atoms with Gasteiger partial charge in [0.1, 0.15) is 0 Å². The average Bonchev–Trinajstić information content (AvgIpc) is 2.31. The smallest absolute Gasteiger partial charge is 0.330 e. The molecule has 0 fully saturated rings. The second-order valence-electron chi connectivity index (χ2n) is 3.16. The quantitative estimate of drug-likeness (QED) is 0.396. The molecule has 5 heteroatoms. The molecule has 0 heterocycles. The van der Waals surface area contributed by atoms with Crippen LogP contribution in [0.3, 0.4) is 0 Å². The van der Waals surface area contributed by atoms with E-state index in [1.807, 2.05) is 28.7 Å². The lowest BCUT2D eigenvalue weighted by Crippen LogP contribution is -1.99. The zero-order valence-corrected chi connectivity index (χ0v) is 11.4. The molecule has 0 radical (unpaired) electrons. The number of hydrogen-bond donors (Lipinski definition) is 1. The monoisotopic (exact) mass is 342 g/mol. The Hall–Kier alpha value is -1.55. The molecule has 0 saturated carbocycles. The van der Waals surface area contributed by atoms with E-state index in [1.165, 1.54) is 6.08 Å². The second kappa shape index (κ2) is 6.25. The minimum absolute atomic E-state index is 0.328. The molecule has 0 aromatic heterocycles. The summed E-state index contributed by atoms with van der Waals surface area (Å²) in [6.45, 7) is 2.06. The maximum Gasteiger partial charge on any atom is 0.330 e. The van der Waals surface area contributed by atoms with Gasteiger partial charge in [0, 0.05) is 15.2 Å². The highest BCUT2D eigenvalue weighted by molar-refractivity contribution is 14.1. The minimum atomic E-state index is -0.427. The standard InChI is InChI=1S/C12H11IN2O2/c1-2-17-11(16)4-3-9-5-8(7-14)6-10(13)12(9)15/h3-6H,2,15H2,1H3/b4-3+. The largest absolute Gasteiger partial charge is 0.463 e. The van der Waals surface area contributed by atoms with Gasteiger partial charge in [0.05, 0.1) is 23.9 Å². The third-order valence-electron chi connectivity index (χ3n) is 1.98. The second-order valence-corrected chi connectivity index (χ2v) is 4.32. The van der Waals surface area contributed by atoms with Crippen molar-refractivity contribution in [2.75, 3.05) is 12.3 Å². The first-order valence-corrected chi connectivity index (χ1v) is 6.00. The first kappa shape index (κ1) is 13.5. The summed E-state index contributed by atoms with van der Waals surface area (Å²) in [6.07, 6.45) is 2.85. The van der Waals surface area contributed by atoms with Crippen LogP contribution in [0.25, 0.3) is 6.08 Å². The van der Waals surface area contributed by atoms with E-state index in [-0.39, 0.29) is 0 Å². The van der Waals surface area contributed by atoms with Crippen LogP contribution in [-0.2, 0) is 9.53 Å². The van der Waals surface area contributed by atoms with Crippen LogP contribution < -0.4 is 5.73 Å². The molecule has 0 aliphatic carbocycles. The minimum Gasteiger partial charge on any atom is -0.463 e. The van der Waals surface area contributed by atoms with Crippen molar-refractivity contribution in [3.63, 3.8) is 0 Å². The van der Waals surface area contributed by atoms with Gasteiger partial charge in [-0.25, -0.2) is 4.79 Å². The van der Waals surface area contributed by atoms with Crippen molar-refractivity contribution < 1.29 is 9.53 Å². The normalized spacial score (nSPS) is 10.2. The van der Waals surface area contributed by atoms with Gasteiger partial charge in [-0.15, -0.1) is 0 Å². The number of nitrogen functional groups attached to an aromatic ring is 1. The number of esters is 1. The van der Waals surface area contributed by atoms with Gasteiger partial charge >= 0.3 is 5.97 Å². The predicted octanol–water partition coefficient (Wildman–Crippen LogP) is 2.32. The molecule has 0 aliphatic heterocycles. The summed E-state index contributed by atoms with van der Waals surface area (Å²) >= 11 is 2.05. The molecule has 2 N–H and O–H groups in total. The number of carbonyl (C=O) groups is 1. The molecule has 1 aromatic carbocycles. The van der Waals surface area contributed by atoms with Crippen LogP contribution in [0, 0.1) is 14.9 Å². The highest BCUT2D eigenvalue weighted by Crippen LogP contribution is 2.23. The fourth-order valence-corrected chi connectivity index (χ4v) is 1.84. The molecule has 88 valence electrons. The van der Waals surface area contributed by atoms with E-state index in [9.17, 15) is 4.79 Å². The van der Waals surface area contributed by atoms with Gasteiger partial charge in [-0.3, -0.25) is 0 Å². The van der Waals surface area contributed by atoms with Crippen LogP contribution in [0.15, 0.2) is 18.2 Å².